The van der Waals surface area contributed by atoms with Crippen LogP contribution < -0.4 is 10.4 Å². The van der Waals surface area contributed by atoms with Gasteiger partial charge in [-0.25, -0.2) is 9.78 Å². The first-order valence-corrected chi connectivity index (χ1v) is 11.4. The number of ether oxygens (including phenoxy) is 1. The molecule has 0 fully saturated rings. The summed E-state index contributed by atoms with van der Waals surface area (Å²) in [6.45, 7) is 0.0367. The molecule has 0 saturated heterocycles. The van der Waals surface area contributed by atoms with Gasteiger partial charge in [0.1, 0.15) is 11.6 Å². The highest BCUT2D eigenvalue weighted by Crippen LogP contribution is 2.41. The third kappa shape index (κ3) is 4.87. The van der Waals surface area contributed by atoms with Gasteiger partial charge in [-0.1, -0.05) is 30.3 Å². The normalized spacial score (nSPS) is 12.3. The molecule has 0 amide bonds. The Labute approximate surface area is 216 Å². The van der Waals surface area contributed by atoms with Gasteiger partial charge in [0.2, 0.25) is 0 Å². The number of fused-ring (bicyclic) bond motifs is 1. The molecule has 0 aliphatic heterocycles. The number of imidazole rings is 2. The molecule has 0 aliphatic carbocycles. The Morgan fingerprint density at radius 2 is 1.72 bits per heavy atom. The number of halogens is 6. The Hall–Kier alpha value is -4.55. The molecule has 3 heterocycles. The summed E-state index contributed by atoms with van der Waals surface area (Å²) in [4.78, 5) is 23.2. The van der Waals surface area contributed by atoms with Crippen molar-refractivity contribution in [1.82, 2.24) is 24.1 Å². The minimum atomic E-state index is -4.67. The number of H-pyrrole nitrogens is 1. The molecule has 202 valence electrons. The van der Waals surface area contributed by atoms with Crippen molar-refractivity contribution in [3.8, 4) is 28.4 Å². The van der Waals surface area contributed by atoms with Crippen LogP contribution in [0.2, 0.25) is 0 Å². The highest BCUT2D eigenvalue weighted by atomic mass is 19.4. The van der Waals surface area contributed by atoms with Crippen LogP contribution in [0.15, 0.2) is 65.7 Å². The van der Waals surface area contributed by atoms with Crippen molar-refractivity contribution in [2.45, 2.75) is 18.9 Å². The summed E-state index contributed by atoms with van der Waals surface area (Å²) >= 11 is 0. The summed E-state index contributed by atoms with van der Waals surface area (Å²) in [6, 6.07) is 11.3. The molecule has 0 atom stereocenters. The predicted molar refractivity (Wildman–Crippen MR) is 130 cm³/mol. The quantitative estimate of drug-likeness (QED) is 0.279. The fourth-order valence-electron chi connectivity index (χ4n) is 4.36. The lowest BCUT2D eigenvalue weighted by Gasteiger charge is -2.16. The zero-order valence-electron chi connectivity index (χ0n) is 20.4. The second kappa shape index (κ2) is 9.33. The summed E-state index contributed by atoms with van der Waals surface area (Å²) in [6.07, 6.45) is -7.08. The molecule has 2 aromatic carbocycles. The molecule has 5 aromatic rings. The molecule has 0 unspecified atom stereocenters. The van der Waals surface area contributed by atoms with Crippen LogP contribution in [0.4, 0.5) is 26.3 Å². The summed E-state index contributed by atoms with van der Waals surface area (Å²) in [5, 5.41) is 0. The van der Waals surface area contributed by atoms with E-state index in [9.17, 15) is 31.1 Å². The van der Waals surface area contributed by atoms with Gasteiger partial charge in [-0.2, -0.15) is 26.3 Å². The number of pyridine rings is 1. The van der Waals surface area contributed by atoms with E-state index in [2.05, 4.69) is 15.0 Å². The topological polar surface area (TPSA) is 77.7 Å². The third-order valence-corrected chi connectivity index (χ3v) is 6.19. The number of aryl methyl sites for hydroxylation is 1. The van der Waals surface area contributed by atoms with Crippen molar-refractivity contribution in [1.29, 1.82) is 0 Å². The molecule has 0 saturated carbocycles. The SMILES string of the molecule is COc1cccc(C(F)(F)F)c1-c1cc2c(cn1)[nH]c(=O)n2Cc1ccc(-c2nc(C(F)(F)F)cn2C)cc1. The number of rotatable bonds is 5. The van der Waals surface area contributed by atoms with Gasteiger partial charge in [-0.15, -0.1) is 0 Å². The van der Waals surface area contributed by atoms with Crippen LogP contribution in [0.25, 0.3) is 33.7 Å². The van der Waals surface area contributed by atoms with Crippen molar-refractivity contribution in [2.24, 2.45) is 7.05 Å². The van der Waals surface area contributed by atoms with Crippen molar-refractivity contribution >= 4 is 11.0 Å². The van der Waals surface area contributed by atoms with Crippen LogP contribution >= 0.6 is 0 Å². The molecule has 0 spiro atoms. The molecular formula is C26H19F6N5O2. The van der Waals surface area contributed by atoms with E-state index < -0.39 is 29.3 Å². The summed E-state index contributed by atoms with van der Waals surface area (Å²) in [5.74, 6) is 0.0887. The van der Waals surface area contributed by atoms with Gasteiger partial charge in [0, 0.05) is 18.8 Å². The fraction of sp³-hybridized carbons (Fsp3) is 0.192. The van der Waals surface area contributed by atoms with Gasteiger partial charge in [-0.05, 0) is 23.8 Å². The second-order valence-corrected chi connectivity index (χ2v) is 8.74. The van der Waals surface area contributed by atoms with E-state index >= 15 is 0 Å². The van der Waals surface area contributed by atoms with E-state index in [0.717, 1.165) is 12.3 Å². The van der Waals surface area contributed by atoms with E-state index in [4.69, 9.17) is 4.74 Å². The first kappa shape index (κ1) is 26.1. The fourth-order valence-corrected chi connectivity index (χ4v) is 4.36. The van der Waals surface area contributed by atoms with Gasteiger partial charge < -0.3 is 14.3 Å². The van der Waals surface area contributed by atoms with Crippen LogP contribution in [-0.2, 0) is 25.9 Å². The molecule has 0 radical (unpaired) electrons. The highest BCUT2D eigenvalue weighted by Gasteiger charge is 2.36. The Balaban J connectivity index is 1.52. The average Bonchev–Trinajstić information content (AvgIpc) is 3.42. The smallest absolute Gasteiger partial charge is 0.434 e. The van der Waals surface area contributed by atoms with E-state index in [1.165, 1.54) is 47.7 Å². The number of hydrogen-bond donors (Lipinski definition) is 1. The van der Waals surface area contributed by atoms with Crippen LogP contribution in [0, 0.1) is 0 Å². The van der Waals surface area contributed by atoms with Gasteiger partial charge >= 0.3 is 18.0 Å². The standard InChI is InChI=1S/C26H19F6N5O2/c1-36-13-21(26(30,31)32)35-23(36)15-8-6-14(7-9-15)12-37-19-10-17(33-11-18(19)34-24(37)38)22-16(25(27,28)29)4-3-5-20(22)39-2/h3-11,13H,12H2,1-2H3,(H,34,38). The van der Waals surface area contributed by atoms with Crippen LogP contribution in [0.5, 0.6) is 5.75 Å². The maximum absolute atomic E-state index is 13.8. The molecule has 13 heteroatoms. The second-order valence-electron chi connectivity index (χ2n) is 8.74. The molecule has 0 bridgehead atoms. The minimum absolute atomic E-state index is 0.0281. The summed E-state index contributed by atoms with van der Waals surface area (Å²) in [5.41, 5.74) is -1.06. The molecule has 1 N–H and O–H groups in total. The number of nitrogens with one attached hydrogen (secondary N) is 1. The molecule has 0 aliphatic rings. The maximum Gasteiger partial charge on any atom is 0.434 e. The molecule has 5 rings (SSSR count). The largest absolute Gasteiger partial charge is 0.496 e. The Bertz CT molecular complexity index is 1730. The molecule has 39 heavy (non-hydrogen) atoms. The van der Waals surface area contributed by atoms with Crippen LogP contribution in [0.3, 0.4) is 0 Å². The maximum atomic E-state index is 13.8. The van der Waals surface area contributed by atoms with E-state index in [0.29, 0.717) is 22.2 Å². The predicted octanol–water partition coefficient (Wildman–Crippen LogP) is 5.89. The Kier molecular flexibility index (Phi) is 6.24. The number of hydrogen-bond acceptors (Lipinski definition) is 4. The van der Waals surface area contributed by atoms with Gasteiger partial charge in [0.25, 0.3) is 0 Å². The van der Waals surface area contributed by atoms with Crippen molar-refractivity contribution < 1.29 is 31.1 Å². The molecule has 7 nitrogen and oxygen atoms in total. The number of alkyl halides is 6. The zero-order chi connectivity index (χ0) is 28.1. The van der Waals surface area contributed by atoms with Crippen molar-refractivity contribution in [3.05, 3.63) is 88.2 Å². The Morgan fingerprint density at radius 1 is 1.00 bits per heavy atom. The lowest BCUT2D eigenvalue weighted by Crippen LogP contribution is -2.17. The monoisotopic (exact) mass is 547 g/mol. The first-order chi connectivity index (χ1) is 18.4. The highest BCUT2D eigenvalue weighted by molar-refractivity contribution is 5.82. The first-order valence-electron chi connectivity index (χ1n) is 11.4. The zero-order valence-corrected chi connectivity index (χ0v) is 20.4. The average molecular weight is 547 g/mol. The Morgan fingerprint density at radius 3 is 2.33 bits per heavy atom. The number of aromatic amines is 1. The van der Waals surface area contributed by atoms with E-state index in [1.807, 2.05) is 0 Å². The van der Waals surface area contributed by atoms with Crippen molar-refractivity contribution in [2.75, 3.05) is 7.11 Å². The van der Waals surface area contributed by atoms with Gasteiger partial charge in [0.15, 0.2) is 5.69 Å². The van der Waals surface area contributed by atoms with Crippen molar-refractivity contribution in [3.63, 3.8) is 0 Å². The van der Waals surface area contributed by atoms with Crippen LogP contribution in [-0.4, -0.2) is 31.2 Å². The third-order valence-electron chi connectivity index (χ3n) is 6.19. The number of methoxy groups -OCH3 is 1. The number of benzene rings is 2. The lowest BCUT2D eigenvalue weighted by atomic mass is 10.0. The molecule has 3 aromatic heterocycles. The lowest BCUT2D eigenvalue weighted by molar-refractivity contribution is -0.141. The minimum Gasteiger partial charge on any atom is -0.496 e. The molecular weight excluding hydrogens is 528 g/mol. The van der Waals surface area contributed by atoms with Gasteiger partial charge in [-0.3, -0.25) is 9.55 Å². The summed E-state index contributed by atoms with van der Waals surface area (Å²) < 4.78 is 88.1. The van der Waals surface area contributed by atoms with E-state index in [-0.39, 0.29) is 29.4 Å². The van der Waals surface area contributed by atoms with Gasteiger partial charge in [0.05, 0.1) is 47.7 Å². The number of nitrogens with zero attached hydrogens (tertiary/aromatic N) is 4. The van der Waals surface area contributed by atoms with Crippen LogP contribution in [0.1, 0.15) is 16.8 Å². The summed E-state index contributed by atoms with van der Waals surface area (Å²) in [7, 11) is 2.71. The van der Waals surface area contributed by atoms with E-state index in [1.54, 1.807) is 24.3 Å². The number of aromatic nitrogens is 5.